The summed E-state index contributed by atoms with van der Waals surface area (Å²) in [6.07, 6.45) is 3.83. The summed E-state index contributed by atoms with van der Waals surface area (Å²) in [4.78, 5) is 4.44. The van der Waals surface area contributed by atoms with Gasteiger partial charge in [0.05, 0.1) is 12.7 Å². The summed E-state index contributed by atoms with van der Waals surface area (Å²) >= 11 is 0. The molecule has 0 saturated heterocycles. The van der Waals surface area contributed by atoms with E-state index in [0.29, 0.717) is 0 Å². The highest BCUT2D eigenvalue weighted by atomic mass is 16.5. The quantitative estimate of drug-likeness (QED) is 0.791. The highest BCUT2D eigenvalue weighted by molar-refractivity contribution is 5.64. The van der Waals surface area contributed by atoms with Gasteiger partial charge in [-0.15, -0.1) is 0 Å². The van der Waals surface area contributed by atoms with Crippen molar-refractivity contribution in [3.8, 4) is 17.1 Å². The van der Waals surface area contributed by atoms with Gasteiger partial charge < -0.3 is 9.30 Å². The first-order valence-corrected chi connectivity index (χ1v) is 5.71. The second-order valence-electron chi connectivity index (χ2n) is 4.99. The van der Waals surface area contributed by atoms with Crippen LogP contribution in [-0.2, 0) is 5.54 Å². The van der Waals surface area contributed by atoms with Crippen molar-refractivity contribution < 1.29 is 4.74 Å². The maximum atomic E-state index is 5.38. The van der Waals surface area contributed by atoms with Gasteiger partial charge in [0.25, 0.3) is 0 Å². The first-order valence-electron chi connectivity index (χ1n) is 5.71. The van der Waals surface area contributed by atoms with Crippen molar-refractivity contribution >= 4 is 0 Å². The van der Waals surface area contributed by atoms with Crippen LogP contribution >= 0.6 is 0 Å². The number of nitrogens with zero attached hydrogens (tertiary/aromatic N) is 2. The van der Waals surface area contributed by atoms with Crippen LogP contribution in [0.5, 0.6) is 5.75 Å². The van der Waals surface area contributed by atoms with Gasteiger partial charge in [0.15, 0.2) is 0 Å². The van der Waals surface area contributed by atoms with Crippen LogP contribution in [0.2, 0.25) is 0 Å². The third kappa shape index (κ3) is 2.18. The summed E-state index contributed by atoms with van der Waals surface area (Å²) in [5.41, 5.74) is 1.03. The molecule has 90 valence electrons. The zero-order valence-corrected chi connectivity index (χ0v) is 10.8. The molecule has 3 nitrogen and oxygen atoms in total. The Morgan fingerprint density at radius 1 is 1.18 bits per heavy atom. The Labute approximate surface area is 102 Å². The number of hydrogen-bond donors (Lipinski definition) is 0. The Morgan fingerprint density at radius 2 is 1.88 bits per heavy atom. The highest BCUT2D eigenvalue weighted by Gasteiger charge is 2.19. The van der Waals surface area contributed by atoms with Crippen LogP contribution in [-0.4, -0.2) is 16.7 Å². The zero-order chi connectivity index (χ0) is 12.5. The van der Waals surface area contributed by atoms with Gasteiger partial charge in [-0.2, -0.15) is 0 Å². The van der Waals surface area contributed by atoms with Crippen molar-refractivity contribution in [1.82, 2.24) is 9.55 Å². The van der Waals surface area contributed by atoms with E-state index in [1.807, 2.05) is 36.7 Å². The Balaban J connectivity index is 2.58. The minimum atomic E-state index is 0.00663. The van der Waals surface area contributed by atoms with Gasteiger partial charge in [0, 0.05) is 17.9 Å². The number of para-hydroxylation sites is 1. The normalized spacial score (nSPS) is 11.5. The largest absolute Gasteiger partial charge is 0.496 e. The topological polar surface area (TPSA) is 27.1 Å². The molecule has 0 aliphatic rings. The zero-order valence-electron chi connectivity index (χ0n) is 10.8. The first kappa shape index (κ1) is 11.7. The standard InChI is InChI=1S/C14H18N2O/c1-14(2,3)16-10-9-15-13(16)11-7-5-6-8-12(11)17-4/h5-10H,1-4H3. The van der Waals surface area contributed by atoms with E-state index in [4.69, 9.17) is 4.74 Å². The molecule has 17 heavy (non-hydrogen) atoms. The fourth-order valence-electron chi connectivity index (χ4n) is 1.87. The predicted octanol–water partition coefficient (Wildman–Crippen LogP) is 3.31. The molecule has 0 atom stereocenters. The molecule has 0 spiro atoms. The van der Waals surface area contributed by atoms with Gasteiger partial charge in [-0.3, -0.25) is 0 Å². The lowest BCUT2D eigenvalue weighted by Gasteiger charge is -2.23. The third-order valence-corrected chi connectivity index (χ3v) is 2.71. The minimum absolute atomic E-state index is 0.00663. The monoisotopic (exact) mass is 230 g/mol. The molecule has 0 bridgehead atoms. The molecule has 0 aliphatic heterocycles. The van der Waals surface area contributed by atoms with Crippen molar-refractivity contribution in [2.75, 3.05) is 7.11 Å². The molecular weight excluding hydrogens is 212 g/mol. The molecule has 2 aromatic rings. The summed E-state index contributed by atoms with van der Waals surface area (Å²) < 4.78 is 7.54. The number of imidazole rings is 1. The highest BCUT2D eigenvalue weighted by Crippen LogP contribution is 2.31. The van der Waals surface area contributed by atoms with Crippen LogP contribution in [0.3, 0.4) is 0 Å². The lowest BCUT2D eigenvalue weighted by atomic mass is 10.1. The lowest BCUT2D eigenvalue weighted by molar-refractivity contribution is 0.396. The summed E-state index contributed by atoms with van der Waals surface area (Å²) in [7, 11) is 1.68. The van der Waals surface area contributed by atoms with Crippen LogP contribution in [0.1, 0.15) is 20.8 Å². The van der Waals surface area contributed by atoms with Crippen LogP contribution in [0.4, 0.5) is 0 Å². The fourth-order valence-corrected chi connectivity index (χ4v) is 1.87. The molecule has 0 saturated carbocycles. The number of ether oxygens (including phenoxy) is 1. The molecule has 0 aliphatic carbocycles. The molecule has 0 N–H and O–H groups in total. The van der Waals surface area contributed by atoms with E-state index >= 15 is 0 Å². The number of methoxy groups -OCH3 is 1. The van der Waals surface area contributed by atoms with E-state index in [9.17, 15) is 0 Å². The number of aromatic nitrogens is 2. The van der Waals surface area contributed by atoms with Gasteiger partial charge in [0.2, 0.25) is 0 Å². The minimum Gasteiger partial charge on any atom is -0.496 e. The van der Waals surface area contributed by atoms with Crippen molar-refractivity contribution in [3.05, 3.63) is 36.7 Å². The fraction of sp³-hybridized carbons (Fsp3) is 0.357. The smallest absolute Gasteiger partial charge is 0.144 e. The SMILES string of the molecule is COc1ccccc1-c1nccn1C(C)(C)C. The van der Waals surface area contributed by atoms with Crippen molar-refractivity contribution in [2.45, 2.75) is 26.3 Å². The van der Waals surface area contributed by atoms with Crippen LogP contribution in [0.15, 0.2) is 36.7 Å². The van der Waals surface area contributed by atoms with E-state index in [1.165, 1.54) is 0 Å². The van der Waals surface area contributed by atoms with Crippen LogP contribution in [0.25, 0.3) is 11.4 Å². The van der Waals surface area contributed by atoms with Crippen LogP contribution in [0, 0.1) is 0 Å². The number of rotatable bonds is 2. The number of benzene rings is 1. The van der Waals surface area contributed by atoms with Gasteiger partial charge in [-0.05, 0) is 32.9 Å². The maximum Gasteiger partial charge on any atom is 0.144 e. The molecule has 0 fully saturated rings. The second kappa shape index (κ2) is 4.24. The Morgan fingerprint density at radius 3 is 2.53 bits per heavy atom. The molecule has 3 heteroatoms. The van der Waals surface area contributed by atoms with Gasteiger partial charge in [-0.1, -0.05) is 12.1 Å². The molecule has 0 amide bonds. The average molecular weight is 230 g/mol. The Hall–Kier alpha value is -1.77. The summed E-state index contributed by atoms with van der Waals surface area (Å²) in [6.45, 7) is 6.48. The second-order valence-corrected chi connectivity index (χ2v) is 4.99. The maximum absolute atomic E-state index is 5.38. The molecular formula is C14H18N2O. The Kier molecular flexibility index (Phi) is 2.92. The summed E-state index contributed by atoms with van der Waals surface area (Å²) in [6, 6.07) is 7.95. The van der Waals surface area contributed by atoms with Gasteiger partial charge >= 0.3 is 0 Å². The van der Waals surface area contributed by atoms with Gasteiger partial charge in [0.1, 0.15) is 11.6 Å². The predicted molar refractivity (Wildman–Crippen MR) is 69.2 cm³/mol. The third-order valence-electron chi connectivity index (χ3n) is 2.71. The molecule has 1 aromatic carbocycles. The van der Waals surface area contributed by atoms with Crippen molar-refractivity contribution in [1.29, 1.82) is 0 Å². The summed E-state index contributed by atoms with van der Waals surface area (Å²) in [5, 5.41) is 0. The van der Waals surface area contributed by atoms with Crippen molar-refractivity contribution in [3.63, 3.8) is 0 Å². The molecule has 2 rings (SSSR count). The summed E-state index contributed by atoms with van der Waals surface area (Å²) in [5.74, 6) is 1.79. The van der Waals surface area contributed by atoms with Gasteiger partial charge in [-0.25, -0.2) is 4.98 Å². The van der Waals surface area contributed by atoms with E-state index in [0.717, 1.165) is 17.1 Å². The first-order chi connectivity index (χ1) is 8.04. The van der Waals surface area contributed by atoms with E-state index in [2.05, 4.69) is 30.3 Å². The molecule has 0 unspecified atom stereocenters. The van der Waals surface area contributed by atoms with Crippen LogP contribution < -0.4 is 4.74 Å². The Bertz CT molecular complexity index is 509. The molecule has 0 radical (unpaired) electrons. The van der Waals surface area contributed by atoms with E-state index in [-0.39, 0.29) is 5.54 Å². The van der Waals surface area contributed by atoms with Crippen molar-refractivity contribution in [2.24, 2.45) is 0 Å². The average Bonchev–Trinajstić information content (AvgIpc) is 2.77. The van der Waals surface area contributed by atoms with E-state index < -0.39 is 0 Å². The molecule has 1 aromatic heterocycles. The molecule has 1 heterocycles. The number of hydrogen-bond acceptors (Lipinski definition) is 2. The lowest BCUT2D eigenvalue weighted by Crippen LogP contribution is -2.21. The van der Waals surface area contributed by atoms with E-state index in [1.54, 1.807) is 7.11 Å².